The highest BCUT2D eigenvalue weighted by molar-refractivity contribution is 5.80. The van der Waals surface area contributed by atoms with E-state index in [2.05, 4.69) is 52.2 Å². The Morgan fingerprint density at radius 2 is 2.17 bits per heavy atom. The molecule has 1 fully saturated rings. The van der Waals surface area contributed by atoms with E-state index in [0.717, 1.165) is 62.3 Å². The number of hydrogen-bond donors (Lipinski definition) is 2. The van der Waals surface area contributed by atoms with Crippen LogP contribution >= 0.6 is 0 Å². The average molecular weight is 314 g/mol. The third-order valence-electron chi connectivity index (χ3n) is 4.62. The van der Waals surface area contributed by atoms with Gasteiger partial charge in [-0.2, -0.15) is 0 Å². The molecule has 5 nitrogen and oxygen atoms in total. The molecule has 3 rings (SSSR count). The number of rotatable bonds is 5. The molecule has 0 atom stereocenters. The van der Waals surface area contributed by atoms with Crippen LogP contribution in [0.2, 0.25) is 0 Å². The fourth-order valence-electron chi connectivity index (χ4n) is 3.15. The van der Waals surface area contributed by atoms with E-state index in [1.165, 1.54) is 5.56 Å². The largest absolute Gasteiger partial charge is 0.356 e. The summed E-state index contributed by atoms with van der Waals surface area (Å²) in [5, 5.41) is 3.05. The number of nitrogens with zero attached hydrogens (tertiary/aromatic N) is 2. The number of amides is 1. The van der Waals surface area contributed by atoms with Crippen LogP contribution in [0.15, 0.2) is 18.2 Å². The second-order valence-corrected chi connectivity index (χ2v) is 6.49. The molecule has 1 amide bonds. The molecule has 124 valence electrons. The van der Waals surface area contributed by atoms with Crippen LogP contribution in [0.3, 0.4) is 0 Å². The summed E-state index contributed by atoms with van der Waals surface area (Å²) in [5.41, 5.74) is 3.32. The summed E-state index contributed by atoms with van der Waals surface area (Å²) in [4.78, 5) is 22.5. The fraction of sp³-hybridized carbons (Fsp3) is 0.556. The maximum Gasteiger partial charge on any atom is 0.223 e. The van der Waals surface area contributed by atoms with Gasteiger partial charge in [0.1, 0.15) is 0 Å². The Morgan fingerprint density at radius 3 is 2.91 bits per heavy atom. The Bertz CT molecular complexity index is 671. The quantitative estimate of drug-likeness (QED) is 0.834. The summed E-state index contributed by atoms with van der Waals surface area (Å²) in [6, 6.07) is 6.26. The molecule has 0 aliphatic carbocycles. The van der Waals surface area contributed by atoms with Crippen LogP contribution in [-0.4, -0.2) is 35.5 Å². The Labute approximate surface area is 137 Å². The molecule has 1 saturated heterocycles. The van der Waals surface area contributed by atoms with Gasteiger partial charge in [0.15, 0.2) is 0 Å². The van der Waals surface area contributed by atoms with Crippen LogP contribution in [0.25, 0.3) is 11.0 Å². The van der Waals surface area contributed by atoms with E-state index in [1.54, 1.807) is 0 Å². The van der Waals surface area contributed by atoms with E-state index in [1.807, 2.05) is 0 Å². The van der Waals surface area contributed by atoms with Gasteiger partial charge in [0.25, 0.3) is 0 Å². The molecular formula is C18H26N4O. The minimum atomic E-state index is 0.148. The zero-order chi connectivity index (χ0) is 16.2. The van der Waals surface area contributed by atoms with Crippen molar-refractivity contribution >= 4 is 22.9 Å². The molecular weight excluding hydrogens is 288 g/mol. The van der Waals surface area contributed by atoms with Crippen molar-refractivity contribution in [2.24, 2.45) is 5.92 Å². The lowest BCUT2D eigenvalue weighted by Gasteiger charge is -2.31. The number of imidazole rings is 1. The van der Waals surface area contributed by atoms with Crippen LogP contribution in [0, 0.1) is 12.8 Å². The lowest BCUT2D eigenvalue weighted by atomic mass is 9.96. The van der Waals surface area contributed by atoms with Crippen molar-refractivity contribution in [2.45, 2.75) is 39.5 Å². The van der Waals surface area contributed by atoms with Gasteiger partial charge in [0.05, 0.1) is 11.0 Å². The van der Waals surface area contributed by atoms with Crippen molar-refractivity contribution < 1.29 is 4.79 Å². The normalized spacial score (nSPS) is 16.0. The van der Waals surface area contributed by atoms with Gasteiger partial charge in [-0.25, -0.2) is 4.98 Å². The topological polar surface area (TPSA) is 61.0 Å². The van der Waals surface area contributed by atoms with E-state index < -0.39 is 0 Å². The Morgan fingerprint density at radius 1 is 1.39 bits per heavy atom. The second kappa shape index (κ2) is 7.02. The third kappa shape index (κ3) is 3.66. The number of fused-ring (bicyclic) bond motifs is 1. The van der Waals surface area contributed by atoms with Crippen molar-refractivity contribution in [3.8, 4) is 0 Å². The van der Waals surface area contributed by atoms with Crippen LogP contribution in [0.4, 0.5) is 5.95 Å². The first kappa shape index (κ1) is 15.8. The predicted molar refractivity (Wildman–Crippen MR) is 93.7 cm³/mol. The number of piperidine rings is 1. The molecule has 2 aromatic rings. The van der Waals surface area contributed by atoms with Crippen LogP contribution in [-0.2, 0) is 4.79 Å². The van der Waals surface area contributed by atoms with Crippen LogP contribution in [0.5, 0.6) is 0 Å². The zero-order valence-corrected chi connectivity index (χ0v) is 14.1. The second-order valence-electron chi connectivity index (χ2n) is 6.49. The van der Waals surface area contributed by atoms with E-state index >= 15 is 0 Å². The van der Waals surface area contributed by atoms with Crippen molar-refractivity contribution in [3.05, 3.63) is 23.8 Å². The molecule has 0 saturated carbocycles. The molecule has 0 spiro atoms. The number of aryl methyl sites for hydroxylation is 1. The summed E-state index contributed by atoms with van der Waals surface area (Å²) in [6.45, 7) is 6.79. The molecule has 1 aliphatic heterocycles. The lowest BCUT2D eigenvalue weighted by molar-refractivity contribution is -0.125. The molecule has 1 aliphatic rings. The number of unbranched alkanes of at least 4 members (excludes halogenated alkanes) is 1. The molecule has 0 radical (unpaired) electrons. The van der Waals surface area contributed by atoms with Gasteiger partial charge in [-0.05, 0) is 43.9 Å². The molecule has 2 heterocycles. The van der Waals surface area contributed by atoms with Crippen LogP contribution < -0.4 is 10.2 Å². The SMILES string of the molecule is CCCCNC(=O)C1CCN(c2nc3ccc(C)cc3[nH]2)CC1. The molecule has 1 aromatic carbocycles. The lowest BCUT2D eigenvalue weighted by Crippen LogP contribution is -2.41. The number of carbonyl (C=O) groups excluding carboxylic acids is 1. The smallest absolute Gasteiger partial charge is 0.223 e. The van der Waals surface area contributed by atoms with Gasteiger partial charge in [-0.15, -0.1) is 0 Å². The van der Waals surface area contributed by atoms with Gasteiger partial charge < -0.3 is 15.2 Å². The van der Waals surface area contributed by atoms with Gasteiger partial charge in [-0.1, -0.05) is 19.4 Å². The van der Waals surface area contributed by atoms with E-state index in [4.69, 9.17) is 0 Å². The minimum absolute atomic E-state index is 0.148. The number of H-pyrrole nitrogens is 1. The van der Waals surface area contributed by atoms with Crippen LogP contribution in [0.1, 0.15) is 38.2 Å². The summed E-state index contributed by atoms with van der Waals surface area (Å²) >= 11 is 0. The van der Waals surface area contributed by atoms with Gasteiger partial charge in [-0.3, -0.25) is 4.79 Å². The zero-order valence-electron chi connectivity index (χ0n) is 14.1. The van der Waals surface area contributed by atoms with Crippen molar-refractivity contribution in [1.29, 1.82) is 0 Å². The van der Waals surface area contributed by atoms with Gasteiger partial charge in [0.2, 0.25) is 11.9 Å². The number of benzene rings is 1. The highest BCUT2D eigenvalue weighted by atomic mass is 16.1. The Kier molecular flexibility index (Phi) is 4.84. The number of nitrogens with one attached hydrogen (secondary N) is 2. The number of anilines is 1. The molecule has 1 aromatic heterocycles. The van der Waals surface area contributed by atoms with E-state index in [-0.39, 0.29) is 11.8 Å². The number of aromatic amines is 1. The number of carbonyl (C=O) groups is 1. The molecule has 23 heavy (non-hydrogen) atoms. The minimum Gasteiger partial charge on any atom is -0.356 e. The summed E-state index contributed by atoms with van der Waals surface area (Å²) < 4.78 is 0. The van der Waals surface area contributed by atoms with Crippen molar-refractivity contribution in [2.75, 3.05) is 24.5 Å². The van der Waals surface area contributed by atoms with E-state index in [0.29, 0.717) is 0 Å². The monoisotopic (exact) mass is 314 g/mol. The molecule has 0 bridgehead atoms. The average Bonchev–Trinajstić information content (AvgIpc) is 2.98. The van der Waals surface area contributed by atoms with Crippen molar-refractivity contribution in [1.82, 2.24) is 15.3 Å². The maximum absolute atomic E-state index is 12.1. The summed E-state index contributed by atoms with van der Waals surface area (Å²) in [5.74, 6) is 1.29. The number of aromatic nitrogens is 2. The maximum atomic E-state index is 12.1. The number of hydrogen-bond acceptors (Lipinski definition) is 3. The first-order valence-electron chi connectivity index (χ1n) is 8.66. The first-order chi connectivity index (χ1) is 11.2. The standard InChI is InChI=1S/C18H26N4O/c1-3-4-9-19-17(23)14-7-10-22(11-8-14)18-20-15-6-5-13(2)12-16(15)21-18/h5-6,12,14H,3-4,7-11H2,1-2H3,(H,19,23)(H,20,21). The Hall–Kier alpha value is -2.04. The van der Waals surface area contributed by atoms with E-state index in [9.17, 15) is 4.79 Å². The van der Waals surface area contributed by atoms with Gasteiger partial charge >= 0.3 is 0 Å². The summed E-state index contributed by atoms with van der Waals surface area (Å²) in [6.07, 6.45) is 3.97. The third-order valence-corrected chi connectivity index (χ3v) is 4.62. The van der Waals surface area contributed by atoms with Gasteiger partial charge in [0, 0.05) is 25.6 Å². The molecule has 2 N–H and O–H groups in total. The fourth-order valence-corrected chi connectivity index (χ4v) is 3.15. The highest BCUT2D eigenvalue weighted by Crippen LogP contribution is 2.24. The summed E-state index contributed by atoms with van der Waals surface area (Å²) in [7, 11) is 0. The first-order valence-corrected chi connectivity index (χ1v) is 8.66. The Balaban J connectivity index is 1.58. The predicted octanol–water partition coefficient (Wildman–Crippen LogP) is 3.00. The van der Waals surface area contributed by atoms with Crippen molar-refractivity contribution in [3.63, 3.8) is 0 Å². The molecule has 0 unspecified atom stereocenters. The molecule has 5 heteroatoms. The highest BCUT2D eigenvalue weighted by Gasteiger charge is 2.26.